The van der Waals surface area contributed by atoms with Crippen molar-refractivity contribution in [2.45, 2.75) is 13.3 Å². The average Bonchev–Trinajstić information content (AvgIpc) is 2.08. The van der Waals surface area contributed by atoms with Crippen molar-refractivity contribution in [3.05, 3.63) is 28.0 Å². The number of hydrogen-bond donors (Lipinski definition) is 1. The molecule has 0 amide bonds. The number of nitrogens with zero attached hydrogens (tertiary/aromatic N) is 1. The molecule has 0 aliphatic rings. The average molecular weight is 229 g/mol. The maximum absolute atomic E-state index is 4.12. The zero-order valence-corrected chi connectivity index (χ0v) is 8.98. The number of pyridine rings is 1. The van der Waals surface area contributed by atoms with Gasteiger partial charge in [-0.3, -0.25) is 4.98 Å². The molecular formula is C9H13BrN2. The van der Waals surface area contributed by atoms with E-state index in [1.54, 1.807) is 0 Å². The normalized spacial score (nSPS) is 10.2. The number of nitrogens with one attached hydrogen (secondary N) is 1. The Morgan fingerprint density at radius 3 is 2.92 bits per heavy atom. The van der Waals surface area contributed by atoms with E-state index in [-0.39, 0.29) is 0 Å². The predicted molar refractivity (Wildman–Crippen MR) is 54.3 cm³/mol. The maximum atomic E-state index is 4.12. The van der Waals surface area contributed by atoms with Crippen molar-refractivity contribution in [1.82, 2.24) is 10.3 Å². The second-order valence-electron chi connectivity index (χ2n) is 2.76. The van der Waals surface area contributed by atoms with Gasteiger partial charge in [0, 0.05) is 16.9 Å². The zero-order valence-electron chi connectivity index (χ0n) is 7.39. The van der Waals surface area contributed by atoms with E-state index < -0.39 is 0 Å². The van der Waals surface area contributed by atoms with Gasteiger partial charge >= 0.3 is 0 Å². The smallest absolute Gasteiger partial charge is 0.0413 e. The van der Waals surface area contributed by atoms with Crippen molar-refractivity contribution in [2.75, 3.05) is 13.6 Å². The van der Waals surface area contributed by atoms with Crippen LogP contribution in [0.2, 0.25) is 0 Å². The molecule has 0 saturated heterocycles. The van der Waals surface area contributed by atoms with E-state index in [1.165, 1.54) is 11.1 Å². The summed E-state index contributed by atoms with van der Waals surface area (Å²) in [6, 6.07) is 0. The van der Waals surface area contributed by atoms with Gasteiger partial charge in [-0.25, -0.2) is 0 Å². The lowest BCUT2D eigenvalue weighted by Crippen LogP contribution is -2.11. The second-order valence-corrected chi connectivity index (χ2v) is 3.61. The molecule has 12 heavy (non-hydrogen) atoms. The van der Waals surface area contributed by atoms with Crippen LogP contribution >= 0.6 is 15.9 Å². The summed E-state index contributed by atoms with van der Waals surface area (Å²) >= 11 is 3.46. The number of rotatable bonds is 3. The molecule has 3 heteroatoms. The highest BCUT2D eigenvalue weighted by molar-refractivity contribution is 9.10. The van der Waals surface area contributed by atoms with Crippen LogP contribution in [0, 0.1) is 6.92 Å². The van der Waals surface area contributed by atoms with E-state index in [1.807, 2.05) is 19.4 Å². The molecule has 2 nitrogen and oxygen atoms in total. The lowest BCUT2D eigenvalue weighted by atomic mass is 10.1. The highest BCUT2D eigenvalue weighted by Gasteiger charge is 2.00. The number of hydrogen-bond acceptors (Lipinski definition) is 2. The summed E-state index contributed by atoms with van der Waals surface area (Å²) in [5, 5.41) is 3.12. The molecule has 1 rings (SSSR count). The first kappa shape index (κ1) is 9.68. The lowest BCUT2D eigenvalue weighted by molar-refractivity contribution is 0.785. The molecule has 0 saturated carbocycles. The molecule has 1 heterocycles. The third-order valence-electron chi connectivity index (χ3n) is 1.90. The maximum Gasteiger partial charge on any atom is 0.0413 e. The molecule has 66 valence electrons. The zero-order chi connectivity index (χ0) is 8.97. The van der Waals surface area contributed by atoms with E-state index >= 15 is 0 Å². The van der Waals surface area contributed by atoms with E-state index in [0.717, 1.165) is 17.4 Å². The van der Waals surface area contributed by atoms with Crippen LogP contribution in [0.3, 0.4) is 0 Å². The van der Waals surface area contributed by atoms with Gasteiger partial charge in [0.05, 0.1) is 0 Å². The van der Waals surface area contributed by atoms with Crippen LogP contribution in [-0.4, -0.2) is 18.6 Å². The fourth-order valence-corrected chi connectivity index (χ4v) is 1.42. The first-order chi connectivity index (χ1) is 5.75. The predicted octanol–water partition coefficient (Wildman–Crippen LogP) is 1.91. The molecular weight excluding hydrogens is 216 g/mol. The summed E-state index contributed by atoms with van der Waals surface area (Å²) in [7, 11) is 1.96. The van der Waals surface area contributed by atoms with Crippen molar-refractivity contribution in [3.63, 3.8) is 0 Å². The van der Waals surface area contributed by atoms with Gasteiger partial charge in [-0.05, 0) is 54.0 Å². The van der Waals surface area contributed by atoms with Crippen LogP contribution in [0.1, 0.15) is 11.1 Å². The Morgan fingerprint density at radius 1 is 1.50 bits per heavy atom. The van der Waals surface area contributed by atoms with Crippen molar-refractivity contribution in [1.29, 1.82) is 0 Å². The lowest BCUT2D eigenvalue weighted by Gasteiger charge is -2.05. The number of likely N-dealkylation sites (N-methyl/N-ethyl adjacent to an activating group) is 1. The summed E-state index contributed by atoms with van der Waals surface area (Å²) in [6.45, 7) is 3.11. The largest absolute Gasteiger partial charge is 0.319 e. The minimum atomic E-state index is 0.999. The molecule has 1 aromatic heterocycles. The number of halogens is 1. The Bertz CT molecular complexity index is 261. The first-order valence-electron chi connectivity index (χ1n) is 3.99. The Balaban J connectivity index is 2.78. The van der Waals surface area contributed by atoms with Crippen LogP contribution in [0.4, 0.5) is 0 Å². The fourth-order valence-electron chi connectivity index (χ4n) is 1.05. The van der Waals surface area contributed by atoms with Gasteiger partial charge < -0.3 is 5.32 Å². The first-order valence-corrected chi connectivity index (χ1v) is 4.78. The highest BCUT2D eigenvalue weighted by Crippen LogP contribution is 2.17. The molecule has 0 spiro atoms. The molecule has 0 fully saturated rings. The molecule has 0 aromatic carbocycles. The molecule has 0 aliphatic carbocycles. The highest BCUT2D eigenvalue weighted by atomic mass is 79.9. The van der Waals surface area contributed by atoms with E-state index in [9.17, 15) is 0 Å². The molecule has 1 N–H and O–H groups in total. The minimum Gasteiger partial charge on any atom is -0.319 e. The SMILES string of the molecule is CNCCc1cncc(Br)c1C. The third-order valence-corrected chi connectivity index (χ3v) is 2.70. The Labute approximate surface area is 81.5 Å². The van der Waals surface area contributed by atoms with Crippen LogP contribution in [0.25, 0.3) is 0 Å². The summed E-state index contributed by atoms with van der Waals surface area (Å²) in [6.07, 6.45) is 4.80. The van der Waals surface area contributed by atoms with E-state index in [4.69, 9.17) is 0 Å². The van der Waals surface area contributed by atoms with Gasteiger partial charge in [0.25, 0.3) is 0 Å². The van der Waals surface area contributed by atoms with Crippen molar-refractivity contribution in [2.24, 2.45) is 0 Å². The van der Waals surface area contributed by atoms with Crippen molar-refractivity contribution in [3.8, 4) is 0 Å². The van der Waals surface area contributed by atoms with Gasteiger partial charge in [0.1, 0.15) is 0 Å². The molecule has 0 aliphatic heterocycles. The summed E-state index contributed by atoms with van der Waals surface area (Å²) < 4.78 is 1.09. The minimum absolute atomic E-state index is 0.999. The van der Waals surface area contributed by atoms with Gasteiger partial charge in [-0.2, -0.15) is 0 Å². The molecule has 0 radical (unpaired) electrons. The monoisotopic (exact) mass is 228 g/mol. The quantitative estimate of drug-likeness (QED) is 0.856. The summed E-state index contributed by atoms with van der Waals surface area (Å²) in [4.78, 5) is 4.12. The number of aromatic nitrogens is 1. The van der Waals surface area contributed by atoms with Crippen LogP contribution < -0.4 is 5.32 Å². The molecule has 0 unspecified atom stereocenters. The molecule has 0 atom stereocenters. The van der Waals surface area contributed by atoms with E-state index in [0.29, 0.717) is 0 Å². The summed E-state index contributed by atoms with van der Waals surface area (Å²) in [5.41, 5.74) is 2.60. The van der Waals surface area contributed by atoms with Crippen LogP contribution in [0.5, 0.6) is 0 Å². The third kappa shape index (κ3) is 2.29. The summed E-state index contributed by atoms with van der Waals surface area (Å²) in [5.74, 6) is 0. The van der Waals surface area contributed by atoms with Gasteiger partial charge in [-0.15, -0.1) is 0 Å². The van der Waals surface area contributed by atoms with Gasteiger partial charge in [0.15, 0.2) is 0 Å². The second kappa shape index (κ2) is 4.58. The standard InChI is InChI=1S/C9H13BrN2/c1-7-8(3-4-11-2)5-12-6-9(7)10/h5-6,11H,3-4H2,1-2H3. The van der Waals surface area contributed by atoms with Crippen LogP contribution in [0.15, 0.2) is 16.9 Å². The van der Waals surface area contributed by atoms with Crippen molar-refractivity contribution < 1.29 is 0 Å². The van der Waals surface area contributed by atoms with Crippen LogP contribution in [-0.2, 0) is 6.42 Å². The Hall–Kier alpha value is -0.410. The van der Waals surface area contributed by atoms with Crippen molar-refractivity contribution >= 4 is 15.9 Å². The van der Waals surface area contributed by atoms with Gasteiger partial charge in [-0.1, -0.05) is 0 Å². The Kier molecular flexibility index (Phi) is 3.69. The molecule has 0 bridgehead atoms. The fraction of sp³-hybridized carbons (Fsp3) is 0.444. The Morgan fingerprint density at radius 2 is 2.25 bits per heavy atom. The topological polar surface area (TPSA) is 24.9 Å². The van der Waals surface area contributed by atoms with Gasteiger partial charge in [0.2, 0.25) is 0 Å². The van der Waals surface area contributed by atoms with E-state index in [2.05, 4.69) is 33.2 Å². The molecule has 1 aromatic rings.